The van der Waals surface area contributed by atoms with Gasteiger partial charge in [-0.3, -0.25) is 9.69 Å². The van der Waals surface area contributed by atoms with Crippen molar-refractivity contribution in [1.29, 1.82) is 5.26 Å². The zero-order valence-corrected chi connectivity index (χ0v) is 20.7. The highest BCUT2D eigenvalue weighted by atomic mass is 16.6. The molecule has 184 valence electrons. The van der Waals surface area contributed by atoms with Gasteiger partial charge in [0, 0.05) is 52.0 Å². The molecule has 35 heavy (non-hydrogen) atoms. The Labute approximate surface area is 207 Å². The maximum absolute atomic E-state index is 12.8. The topological polar surface area (TPSA) is 97.9 Å². The lowest BCUT2D eigenvalue weighted by Gasteiger charge is -2.32. The number of rotatable bonds is 7. The molecule has 3 aliphatic rings. The van der Waals surface area contributed by atoms with Crippen LogP contribution in [0, 0.1) is 11.3 Å². The van der Waals surface area contributed by atoms with Crippen molar-refractivity contribution < 1.29 is 9.53 Å². The number of epoxide rings is 1. The van der Waals surface area contributed by atoms with E-state index in [0.29, 0.717) is 19.3 Å². The van der Waals surface area contributed by atoms with E-state index in [9.17, 15) is 10.1 Å². The largest absolute Gasteiger partial charge is 0.366 e. The Morgan fingerprint density at radius 1 is 1.11 bits per heavy atom. The molecule has 0 bridgehead atoms. The summed E-state index contributed by atoms with van der Waals surface area (Å²) in [5.74, 6) is -0.255. The smallest absolute Gasteiger partial charge is 0.241 e. The van der Waals surface area contributed by atoms with Crippen LogP contribution in [0.15, 0.2) is 48.5 Å². The third kappa shape index (κ3) is 5.26. The van der Waals surface area contributed by atoms with Crippen molar-refractivity contribution in [2.75, 3.05) is 33.2 Å². The molecule has 3 fully saturated rings. The Hall–Kier alpha value is -2.76. The molecule has 4 atom stereocenters. The molecular weight excluding hydrogens is 438 g/mol. The number of piperazine rings is 1. The predicted octanol–water partition coefficient (Wildman–Crippen LogP) is 2.30. The highest BCUT2D eigenvalue weighted by Gasteiger charge is 2.65. The molecule has 2 aromatic carbocycles. The fraction of sp³-hybridized carbons (Fsp3) is 0.500. The Bertz CT molecular complexity index is 1100. The molecular formula is C28H35N5O2. The summed E-state index contributed by atoms with van der Waals surface area (Å²) in [6, 6.07) is 18.6. The van der Waals surface area contributed by atoms with Crippen molar-refractivity contribution in [3.63, 3.8) is 0 Å². The predicted molar refractivity (Wildman–Crippen MR) is 135 cm³/mol. The number of nitrogens with two attached hydrogens (primary N) is 1. The maximum Gasteiger partial charge on any atom is 0.241 e. The van der Waals surface area contributed by atoms with Crippen LogP contribution >= 0.6 is 0 Å². The van der Waals surface area contributed by atoms with Crippen molar-refractivity contribution in [3.8, 4) is 17.2 Å². The van der Waals surface area contributed by atoms with Crippen molar-refractivity contribution in [3.05, 3.63) is 59.7 Å². The number of likely N-dealkylation sites (N-methyl/N-ethyl adjacent to an activating group) is 1. The van der Waals surface area contributed by atoms with E-state index < -0.39 is 11.6 Å². The van der Waals surface area contributed by atoms with Crippen molar-refractivity contribution in [2.45, 2.75) is 56.0 Å². The van der Waals surface area contributed by atoms with E-state index in [2.05, 4.69) is 64.6 Å². The molecule has 2 aromatic rings. The molecule has 7 nitrogen and oxygen atoms in total. The number of hydrogen-bond donors (Lipinski definition) is 2. The molecule has 1 aliphatic carbocycles. The minimum absolute atomic E-state index is 0.0622. The van der Waals surface area contributed by atoms with Gasteiger partial charge in [-0.1, -0.05) is 48.5 Å². The summed E-state index contributed by atoms with van der Waals surface area (Å²) in [6.07, 6.45) is 1.51. The van der Waals surface area contributed by atoms with Crippen LogP contribution in [0.25, 0.3) is 11.1 Å². The van der Waals surface area contributed by atoms with Gasteiger partial charge < -0.3 is 20.7 Å². The minimum Gasteiger partial charge on any atom is -0.366 e. The van der Waals surface area contributed by atoms with E-state index in [-0.39, 0.29) is 17.6 Å². The van der Waals surface area contributed by atoms with E-state index in [0.717, 1.165) is 43.9 Å². The molecule has 2 aliphatic heterocycles. The van der Waals surface area contributed by atoms with Gasteiger partial charge in [-0.05, 0) is 36.2 Å². The van der Waals surface area contributed by atoms with Crippen LogP contribution in [-0.4, -0.2) is 72.2 Å². The molecule has 3 unspecified atom stereocenters. The first kappa shape index (κ1) is 24.0. The third-order valence-electron chi connectivity index (χ3n) is 7.85. The lowest BCUT2D eigenvalue weighted by atomic mass is 9.94. The van der Waals surface area contributed by atoms with Crippen molar-refractivity contribution in [2.24, 2.45) is 5.73 Å². The Kier molecular flexibility index (Phi) is 6.41. The fourth-order valence-electron chi connectivity index (χ4n) is 5.47. The highest BCUT2D eigenvalue weighted by Crippen LogP contribution is 2.53. The van der Waals surface area contributed by atoms with E-state index in [4.69, 9.17) is 10.5 Å². The number of nitrogens with one attached hydrogen (secondary N) is 1. The second-order valence-corrected chi connectivity index (χ2v) is 10.8. The lowest BCUT2D eigenvalue weighted by Crippen LogP contribution is -2.56. The molecule has 3 N–H and O–H groups in total. The van der Waals surface area contributed by atoms with Crippen LogP contribution in [0.4, 0.5) is 0 Å². The van der Waals surface area contributed by atoms with Gasteiger partial charge in [-0.25, -0.2) is 0 Å². The van der Waals surface area contributed by atoms with E-state index in [1.54, 1.807) is 0 Å². The zero-order valence-electron chi connectivity index (χ0n) is 20.7. The highest BCUT2D eigenvalue weighted by molar-refractivity contribution is 5.87. The molecule has 0 spiro atoms. The van der Waals surface area contributed by atoms with Crippen molar-refractivity contribution >= 4 is 5.91 Å². The summed E-state index contributed by atoms with van der Waals surface area (Å²) in [6.45, 7) is 7.47. The average Bonchev–Trinajstić information content (AvgIpc) is 3.38. The Morgan fingerprint density at radius 2 is 1.71 bits per heavy atom. The molecule has 2 saturated heterocycles. The van der Waals surface area contributed by atoms with Crippen LogP contribution in [-0.2, 0) is 22.5 Å². The van der Waals surface area contributed by atoms with Crippen LogP contribution in [0.1, 0.15) is 30.9 Å². The first-order chi connectivity index (χ1) is 16.8. The summed E-state index contributed by atoms with van der Waals surface area (Å²) >= 11 is 0. The number of carbonyl (C=O) groups is 1. The Balaban J connectivity index is 1.15. The number of nitriles is 1. The quantitative estimate of drug-likeness (QED) is 0.599. The summed E-state index contributed by atoms with van der Waals surface area (Å²) in [5, 5.41) is 12.5. The standard InChI is InChI=1S/C28H35N5O2/c1-27-19-28(30,16-25(27)35-27)26(34)31-24(17-29)15-20-3-7-22(8-4-20)23-9-5-21(6-10-23)18-33-13-11-32(2)12-14-33/h3-10,24-25H,11-16,18-19,30H2,1-2H3,(H,31,34)/t24?,25?,27-,28?/m0/s1. The number of nitrogens with zero attached hydrogens (tertiary/aromatic N) is 3. The summed E-state index contributed by atoms with van der Waals surface area (Å²) in [5.41, 5.74) is 9.77. The lowest BCUT2D eigenvalue weighted by molar-refractivity contribution is -0.127. The third-order valence-corrected chi connectivity index (χ3v) is 7.85. The van der Waals surface area contributed by atoms with Gasteiger partial charge in [0.1, 0.15) is 11.6 Å². The second-order valence-electron chi connectivity index (χ2n) is 10.8. The minimum atomic E-state index is -0.951. The number of hydrogen-bond acceptors (Lipinski definition) is 6. The molecule has 1 saturated carbocycles. The van der Waals surface area contributed by atoms with E-state index >= 15 is 0 Å². The summed E-state index contributed by atoms with van der Waals surface area (Å²) in [4.78, 5) is 17.7. The second kappa shape index (κ2) is 9.36. The molecule has 0 aromatic heterocycles. The molecule has 1 amide bonds. The van der Waals surface area contributed by atoms with Gasteiger partial charge in [0.05, 0.1) is 17.8 Å². The van der Waals surface area contributed by atoms with Gasteiger partial charge in [-0.2, -0.15) is 5.26 Å². The molecule has 0 radical (unpaired) electrons. The maximum atomic E-state index is 12.8. The monoisotopic (exact) mass is 473 g/mol. The SMILES string of the molecule is CN1CCN(Cc2ccc(-c3ccc(CC(C#N)NC(=O)C4(N)CC5O[C@@]5(C)C4)cc3)cc2)CC1. The number of fused-ring (bicyclic) bond motifs is 1. The van der Waals surface area contributed by atoms with Gasteiger partial charge in [0.2, 0.25) is 5.91 Å². The van der Waals surface area contributed by atoms with E-state index in [1.165, 1.54) is 11.1 Å². The van der Waals surface area contributed by atoms with Crippen molar-refractivity contribution in [1.82, 2.24) is 15.1 Å². The van der Waals surface area contributed by atoms with Gasteiger partial charge >= 0.3 is 0 Å². The summed E-state index contributed by atoms with van der Waals surface area (Å²) in [7, 11) is 2.18. The van der Waals surface area contributed by atoms with Crippen LogP contribution < -0.4 is 11.1 Å². The first-order valence-electron chi connectivity index (χ1n) is 12.5. The number of carbonyl (C=O) groups excluding carboxylic acids is 1. The molecule has 2 heterocycles. The van der Waals surface area contributed by atoms with Gasteiger partial charge in [0.25, 0.3) is 0 Å². The number of benzene rings is 2. The number of ether oxygens (including phenoxy) is 1. The fourth-order valence-corrected chi connectivity index (χ4v) is 5.47. The van der Waals surface area contributed by atoms with Gasteiger partial charge in [0.15, 0.2) is 0 Å². The van der Waals surface area contributed by atoms with E-state index in [1.807, 2.05) is 19.1 Å². The molecule has 5 rings (SSSR count). The first-order valence-corrected chi connectivity index (χ1v) is 12.5. The normalized spacial score (nSPS) is 29.3. The van der Waals surface area contributed by atoms with Crippen LogP contribution in [0.3, 0.4) is 0 Å². The molecule has 7 heteroatoms. The van der Waals surface area contributed by atoms with Gasteiger partial charge in [-0.15, -0.1) is 0 Å². The zero-order chi connectivity index (χ0) is 24.6. The summed E-state index contributed by atoms with van der Waals surface area (Å²) < 4.78 is 5.58. The average molecular weight is 474 g/mol. The van der Waals surface area contributed by atoms with Crippen LogP contribution in [0.5, 0.6) is 0 Å². The number of amides is 1. The Morgan fingerprint density at radius 3 is 2.26 bits per heavy atom. The van der Waals surface area contributed by atoms with Crippen LogP contribution in [0.2, 0.25) is 0 Å².